The van der Waals surface area contributed by atoms with Gasteiger partial charge in [-0.25, -0.2) is 0 Å². The number of thioether (sulfide) groups is 1. The molecule has 0 unspecified atom stereocenters. The second-order valence-corrected chi connectivity index (χ2v) is 4.63. The van der Waals surface area contributed by atoms with Gasteiger partial charge >= 0.3 is 0 Å². The Morgan fingerprint density at radius 2 is 2.12 bits per heavy atom. The van der Waals surface area contributed by atoms with Gasteiger partial charge in [-0.15, -0.1) is 11.8 Å². The molecule has 2 heterocycles. The van der Waals surface area contributed by atoms with E-state index in [-0.39, 0.29) is 0 Å². The molecule has 0 atom stereocenters. The van der Waals surface area contributed by atoms with E-state index in [4.69, 9.17) is 9.47 Å². The molecule has 0 amide bonds. The Hall–Kier alpha value is -1.42. The summed E-state index contributed by atoms with van der Waals surface area (Å²) in [5, 5.41) is 1.11. The van der Waals surface area contributed by atoms with Crippen molar-refractivity contribution in [2.45, 2.75) is 0 Å². The summed E-state index contributed by atoms with van der Waals surface area (Å²) in [6, 6.07) is 5.94. The summed E-state index contributed by atoms with van der Waals surface area (Å²) in [7, 11) is 0. The number of hydrogen-bond acceptors (Lipinski definition) is 4. The molecule has 82 valence electrons. The minimum absolute atomic E-state index is 0.324. The number of rotatable bonds is 2. The molecule has 0 spiro atoms. The molecule has 2 aliphatic heterocycles. The zero-order valence-corrected chi connectivity index (χ0v) is 9.50. The zero-order chi connectivity index (χ0) is 10.8. The first-order chi connectivity index (χ1) is 7.92. The molecule has 1 aromatic carbocycles. The summed E-state index contributed by atoms with van der Waals surface area (Å²) < 4.78 is 10.6. The Bertz CT molecular complexity index is 468. The van der Waals surface area contributed by atoms with Crippen molar-refractivity contribution in [1.29, 1.82) is 0 Å². The van der Waals surface area contributed by atoms with Crippen LogP contribution in [0.4, 0.5) is 0 Å². The van der Waals surface area contributed by atoms with Gasteiger partial charge in [0.2, 0.25) is 6.79 Å². The van der Waals surface area contributed by atoms with Crippen molar-refractivity contribution in [3.8, 4) is 11.5 Å². The highest BCUT2D eigenvalue weighted by Gasteiger charge is 2.12. The van der Waals surface area contributed by atoms with E-state index in [0.717, 1.165) is 34.4 Å². The maximum absolute atomic E-state index is 5.32. The van der Waals surface area contributed by atoms with Gasteiger partial charge < -0.3 is 9.47 Å². The van der Waals surface area contributed by atoms with E-state index in [1.807, 2.05) is 18.2 Å². The van der Waals surface area contributed by atoms with Crippen LogP contribution in [0.1, 0.15) is 5.56 Å². The Kier molecular flexibility index (Phi) is 2.58. The van der Waals surface area contributed by atoms with Crippen LogP contribution in [0.3, 0.4) is 0 Å². The fraction of sp³-hybridized carbons (Fsp3) is 0.250. The van der Waals surface area contributed by atoms with Crippen molar-refractivity contribution in [3.63, 3.8) is 0 Å². The molecule has 3 rings (SSSR count). The molecule has 2 aliphatic rings. The third-order valence-corrected chi connectivity index (χ3v) is 3.37. The van der Waals surface area contributed by atoms with E-state index >= 15 is 0 Å². The molecule has 0 N–H and O–H groups in total. The molecule has 0 aromatic heterocycles. The first-order valence-electron chi connectivity index (χ1n) is 5.17. The lowest BCUT2D eigenvalue weighted by Gasteiger charge is -1.97. The van der Waals surface area contributed by atoms with Crippen molar-refractivity contribution in [2.75, 3.05) is 19.1 Å². The van der Waals surface area contributed by atoms with Crippen molar-refractivity contribution in [3.05, 3.63) is 29.8 Å². The van der Waals surface area contributed by atoms with Gasteiger partial charge in [0.15, 0.2) is 11.5 Å². The largest absolute Gasteiger partial charge is 0.454 e. The smallest absolute Gasteiger partial charge is 0.231 e. The predicted molar refractivity (Wildman–Crippen MR) is 66.4 cm³/mol. The van der Waals surface area contributed by atoms with Crippen LogP contribution in [-0.4, -0.2) is 24.1 Å². The highest BCUT2D eigenvalue weighted by Crippen LogP contribution is 2.32. The third kappa shape index (κ3) is 1.93. The fourth-order valence-corrected chi connectivity index (χ4v) is 2.38. The lowest BCUT2D eigenvalue weighted by Crippen LogP contribution is -1.92. The fourth-order valence-electron chi connectivity index (χ4n) is 1.64. The van der Waals surface area contributed by atoms with Gasteiger partial charge in [0, 0.05) is 12.3 Å². The Morgan fingerprint density at radius 3 is 3.00 bits per heavy atom. The highest BCUT2D eigenvalue weighted by atomic mass is 32.2. The number of fused-ring (bicyclic) bond motifs is 1. The number of ether oxygens (including phenoxy) is 2. The van der Waals surface area contributed by atoms with Crippen LogP contribution < -0.4 is 9.47 Å². The molecular weight excluding hydrogens is 222 g/mol. The van der Waals surface area contributed by atoms with E-state index in [0.29, 0.717) is 6.79 Å². The summed E-state index contributed by atoms with van der Waals surface area (Å²) in [6.45, 7) is 1.26. The maximum atomic E-state index is 5.32. The van der Waals surface area contributed by atoms with Gasteiger partial charge in [-0.3, -0.25) is 4.99 Å². The molecule has 0 aliphatic carbocycles. The predicted octanol–water partition coefficient (Wildman–Crippen LogP) is 2.57. The lowest BCUT2D eigenvalue weighted by atomic mass is 10.2. The Labute approximate surface area is 98.2 Å². The van der Waals surface area contributed by atoms with Crippen LogP contribution in [0, 0.1) is 0 Å². The van der Waals surface area contributed by atoms with Crippen molar-refractivity contribution in [1.82, 2.24) is 0 Å². The minimum Gasteiger partial charge on any atom is -0.454 e. The highest BCUT2D eigenvalue weighted by molar-refractivity contribution is 8.14. The molecular formula is C12H11NO2S. The Balaban J connectivity index is 1.79. The summed E-state index contributed by atoms with van der Waals surface area (Å²) in [6.07, 6.45) is 4.11. The van der Waals surface area contributed by atoms with Gasteiger partial charge in [-0.2, -0.15) is 0 Å². The first-order valence-corrected chi connectivity index (χ1v) is 6.15. The third-order valence-electron chi connectivity index (χ3n) is 2.42. The topological polar surface area (TPSA) is 30.8 Å². The maximum Gasteiger partial charge on any atom is 0.231 e. The van der Waals surface area contributed by atoms with E-state index in [2.05, 4.69) is 17.1 Å². The molecule has 3 nitrogen and oxygen atoms in total. The molecule has 16 heavy (non-hydrogen) atoms. The van der Waals surface area contributed by atoms with Crippen LogP contribution in [0.25, 0.3) is 6.08 Å². The Morgan fingerprint density at radius 1 is 1.19 bits per heavy atom. The van der Waals surface area contributed by atoms with Crippen LogP contribution in [0.2, 0.25) is 0 Å². The van der Waals surface area contributed by atoms with E-state index < -0.39 is 0 Å². The lowest BCUT2D eigenvalue weighted by molar-refractivity contribution is 0.174. The molecule has 4 heteroatoms. The average molecular weight is 233 g/mol. The van der Waals surface area contributed by atoms with E-state index in [1.165, 1.54) is 0 Å². The number of benzene rings is 1. The zero-order valence-electron chi connectivity index (χ0n) is 8.68. The summed E-state index contributed by atoms with van der Waals surface area (Å²) in [5.41, 5.74) is 1.11. The van der Waals surface area contributed by atoms with Crippen molar-refractivity contribution >= 4 is 22.9 Å². The van der Waals surface area contributed by atoms with Crippen LogP contribution >= 0.6 is 11.8 Å². The quantitative estimate of drug-likeness (QED) is 0.786. The number of nitrogens with zero attached hydrogens (tertiary/aromatic N) is 1. The monoisotopic (exact) mass is 233 g/mol. The van der Waals surface area contributed by atoms with Gasteiger partial charge in [-0.1, -0.05) is 12.1 Å². The second kappa shape index (κ2) is 4.22. The molecule has 0 fully saturated rings. The van der Waals surface area contributed by atoms with E-state index in [9.17, 15) is 0 Å². The van der Waals surface area contributed by atoms with Crippen molar-refractivity contribution < 1.29 is 9.47 Å². The number of hydrogen-bond donors (Lipinski definition) is 0. The summed E-state index contributed by atoms with van der Waals surface area (Å²) in [5.74, 6) is 2.74. The SMILES string of the molecule is C(=C\c1ccc2c(c1)OCO2)/C1=NCCS1. The molecule has 1 aromatic rings. The molecule has 0 bridgehead atoms. The van der Waals surface area contributed by atoms with Crippen LogP contribution in [0.5, 0.6) is 11.5 Å². The first kappa shape index (κ1) is 9.78. The average Bonchev–Trinajstić information content (AvgIpc) is 2.97. The van der Waals surface area contributed by atoms with Crippen molar-refractivity contribution in [2.24, 2.45) is 4.99 Å². The minimum atomic E-state index is 0.324. The van der Waals surface area contributed by atoms with Crippen LogP contribution in [0.15, 0.2) is 29.3 Å². The standard InChI is InChI=1S/C12H11NO2S/c1-3-10-11(15-8-14-10)7-9(1)2-4-12-13-5-6-16-12/h1-4,7H,5-6,8H2/b4-2+. The second-order valence-electron chi connectivity index (χ2n) is 3.51. The molecule has 0 saturated carbocycles. The van der Waals surface area contributed by atoms with Gasteiger partial charge in [0.1, 0.15) is 0 Å². The van der Waals surface area contributed by atoms with Gasteiger partial charge in [-0.05, 0) is 23.8 Å². The molecule has 0 saturated heterocycles. The summed E-state index contributed by atoms with van der Waals surface area (Å²) >= 11 is 1.79. The number of aliphatic imine (C=N–C) groups is 1. The van der Waals surface area contributed by atoms with Gasteiger partial charge in [0.05, 0.1) is 5.04 Å². The van der Waals surface area contributed by atoms with E-state index in [1.54, 1.807) is 11.8 Å². The molecule has 0 radical (unpaired) electrons. The normalized spacial score (nSPS) is 18.1. The van der Waals surface area contributed by atoms with Gasteiger partial charge in [0.25, 0.3) is 0 Å². The summed E-state index contributed by atoms with van der Waals surface area (Å²) in [4.78, 5) is 4.36. The van der Waals surface area contributed by atoms with Crippen LogP contribution in [-0.2, 0) is 0 Å².